The molecule has 0 bridgehead atoms. The molecule has 0 saturated carbocycles. The number of hydrogen-bond donors (Lipinski definition) is 1. The second-order valence-electron chi connectivity index (χ2n) is 3.08. The van der Waals surface area contributed by atoms with E-state index in [4.69, 9.17) is 10.1 Å². The van der Waals surface area contributed by atoms with Crippen LogP contribution in [0.25, 0.3) is 10.8 Å². The maximum Gasteiger partial charge on any atom is 0.119 e. The molecule has 0 aliphatic carbocycles. The molecular formula is C12H11NO. The average molecular weight is 185 g/mol. The molecule has 0 radical (unpaired) electrons. The number of nitrogens with one attached hydrogen (secondary N) is 1. The first-order valence-corrected chi connectivity index (χ1v) is 4.42. The normalized spacial score (nSPS) is 10.1. The standard InChI is InChI=1S/C12H11NO/c1-14-11-6-5-9-3-2-4-10(8-13)12(9)7-11/h2-8,13H,1H3. The Morgan fingerprint density at radius 2 is 2.07 bits per heavy atom. The Morgan fingerprint density at radius 1 is 1.21 bits per heavy atom. The predicted octanol–water partition coefficient (Wildman–Crippen LogP) is 2.85. The maximum absolute atomic E-state index is 7.29. The van der Waals surface area contributed by atoms with Gasteiger partial charge in [0, 0.05) is 6.21 Å². The van der Waals surface area contributed by atoms with Crippen LogP contribution in [0.1, 0.15) is 5.56 Å². The fourth-order valence-electron chi connectivity index (χ4n) is 1.53. The first kappa shape index (κ1) is 8.75. The Balaban J connectivity index is 2.76. The van der Waals surface area contributed by atoms with Crippen molar-refractivity contribution in [1.82, 2.24) is 0 Å². The van der Waals surface area contributed by atoms with Crippen LogP contribution in [-0.2, 0) is 0 Å². The van der Waals surface area contributed by atoms with Gasteiger partial charge in [0.05, 0.1) is 7.11 Å². The molecule has 0 atom stereocenters. The van der Waals surface area contributed by atoms with Gasteiger partial charge < -0.3 is 10.1 Å². The minimum absolute atomic E-state index is 0.826. The molecule has 0 spiro atoms. The van der Waals surface area contributed by atoms with E-state index >= 15 is 0 Å². The lowest BCUT2D eigenvalue weighted by Gasteiger charge is -2.04. The summed E-state index contributed by atoms with van der Waals surface area (Å²) in [6.07, 6.45) is 1.36. The molecule has 2 aromatic carbocycles. The number of fused-ring (bicyclic) bond motifs is 1. The number of rotatable bonds is 2. The van der Waals surface area contributed by atoms with Gasteiger partial charge in [-0.1, -0.05) is 24.3 Å². The van der Waals surface area contributed by atoms with E-state index in [9.17, 15) is 0 Å². The van der Waals surface area contributed by atoms with E-state index in [0.29, 0.717) is 0 Å². The summed E-state index contributed by atoms with van der Waals surface area (Å²) >= 11 is 0. The van der Waals surface area contributed by atoms with Crippen LogP contribution in [0.5, 0.6) is 5.75 Å². The van der Waals surface area contributed by atoms with Gasteiger partial charge in [0.2, 0.25) is 0 Å². The van der Waals surface area contributed by atoms with Crippen LogP contribution in [-0.4, -0.2) is 13.3 Å². The molecule has 0 heterocycles. The van der Waals surface area contributed by atoms with Crippen molar-refractivity contribution < 1.29 is 4.74 Å². The molecular weight excluding hydrogens is 174 g/mol. The third-order valence-electron chi connectivity index (χ3n) is 2.28. The quantitative estimate of drug-likeness (QED) is 0.717. The number of methoxy groups -OCH3 is 1. The lowest BCUT2D eigenvalue weighted by atomic mass is 10.1. The minimum Gasteiger partial charge on any atom is -0.497 e. The molecule has 2 nitrogen and oxygen atoms in total. The highest BCUT2D eigenvalue weighted by molar-refractivity contribution is 5.99. The van der Waals surface area contributed by atoms with E-state index in [-0.39, 0.29) is 0 Å². The molecule has 2 rings (SSSR count). The van der Waals surface area contributed by atoms with Gasteiger partial charge in [-0.15, -0.1) is 0 Å². The molecule has 0 aliphatic rings. The lowest BCUT2D eigenvalue weighted by Crippen LogP contribution is -1.86. The van der Waals surface area contributed by atoms with E-state index in [0.717, 1.165) is 22.1 Å². The molecule has 0 unspecified atom stereocenters. The van der Waals surface area contributed by atoms with Crippen molar-refractivity contribution in [1.29, 1.82) is 5.41 Å². The lowest BCUT2D eigenvalue weighted by molar-refractivity contribution is 0.415. The van der Waals surface area contributed by atoms with E-state index < -0.39 is 0 Å². The summed E-state index contributed by atoms with van der Waals surface area (Å²) in [6, 6.07) is 11.8. The van der Waals surface area contributed by atoms with Crippen molar-refractivity contribution >= 4 is 17.0 Å². The van der Waals surface area contributed by atoms with Crippen LogP contribution in [0.2, 0.25) is 0 Å². The molecule has 0 amide bonds. The Kier molecular flexibility index (Phi) is 2.19. The van der Waals surface area contributed by atoms with Gasteiger partial charge in [0.25, 0.3) is 0 Å². The average Bonchev–Trinajstić information content (AvgIpc) is 2.27. The SMILES string of the molecule is COc1ccc2cccc(C=N)c2c1. The molecule has 0 aromatic heterocycles. The summed E-state index contributed by atoms with van der Waals surface area (Å²) in [7, 11) is 1.65. The largest absolute Gasteiger partial charge is 0.497 e. The van der Waals surface area contributed by atoms with Crippen LogP contribution < -0.4 is 4.74 Å². The second-order valence-corrected chi connectivity index (χ2v) is 3.08. The zero-order chi connectivity index (χ0) is 9.97. The first-order chi connectivity index (χ1) is 6.85. The van der Waals surface area contributed by atoms with Crippen LogP contribution >= 0.6 is 0 Å². The van der Waals surface area contributed by atoms with E-state index in [2.05, 4.69) is 0 Å². The molecule has 2 heteroatoms. The first-order valence-electron chi connectivity index (χ1n) is 4.42. The number of ether oxygens (including phenoxy) is 1. The molecule has 0 fully saturated rings. The van der Waals surface area contributed by atoms with Crippen molar-refractivity contribution in [2.24, 2.45) is 0 Å². The summed E-state index contributed by atoms with van der Waals surface area (Å²) in [5.74, 6) is 0.826. The van der Waals surface area contributed by atoms with Crippen molar-refractivity contribution in [3.8, 4) is 5.75 Å². The summed E-state index contributed by atoms with van der Waals surface area (Å²) in [5, 5.41) is 9.48. The molecule has 0 saturated heterocycles. The van der Waals surface area contributed by atoms with Crippen molar-refractivity contribution in [3.05, 3.63) is 42.0 Å². The zero-order valence-electron chi connectivity index (χ0n) is 7.95. The molecule has 14 heavy (non-hydrogen) atoms. The fraction of sp³-hybridized carbons (Fsp3) is 0.0833. The molecule has 70 valence electrons. The van der Waals surface area contributed by atoms with Crippen LogP contribution in [0.15, 0.2) is 36.4 Å². The van der Waals surface area contributed by atoms with Gasteiger partial charge >= 0.3 is 0 Å². The van der Waals surface area contributed by atoms with Crippen LogP contribution in [0, 0.1) is 5.41 Å². The third-order valence-corrected chi connectivity index (χ3v) is 2.28. The summed E-state index contributed by atoms with van der Waals surface area (Å²) in [6.45, 7) is 0. The van der Waals surface area contributed by atoms with Gasteiger partial charge in [-0.25, -0.2) is 0 Å². The van der Waals surface area contributed by atoms with Crippen LogP contribution in [0.3, 0.4) is 0 Å². The third kappa shape index (κ3) is 1.35. The maximum atomic E-state index is 7.29. The summed E-state index contributed by atoms with van der Waals surface area (Å²) in [5.41, 5.74) is 0.918. The van der Waals surface area contributed by atoms with Gasteiger partial charge in [-0.05, 0) is 28.5 Å². The zero-order valence-corrected chi connectivity index (χ0v) is 7.95. The Labute approximate surface area is 82.6 Å². The van der Waals surface area contributed by atoms with Gasteiger partial charge in [-0.3, -0.25) is 0 Å². The van der Waals surface area contributed by atoms with Crippen molar-refractivity contribution in [2.75, 3.05) is 7.11 Å². The van der Waals surface area contributed by atoms with E-state index in [1.807, 2.05) is 36.4 Å². The second kappa shape index (κ2) is 3.50. The molecule has 2 aromatic rings. The molecule has 1 N–H and O–H groups in total. The van der Waals surface area contributed by atoms with Crippen LogP contribution in [0.4, 0.5) is 0 Å². The Bertz CT molecular complexity index is 477. The predicted molar refractivity (Wildman–Crippen MR) is 58.4 cm³/mol. The number of hydrogen-bond acceptors (Lipinski definition) is 2. The smallest absolute Gasteiger partial charge is 0.119 e. The topological polar surface area (TPSA) is 33.1 Å². The van der Waals surface area contributed by atoms with Gasteiger partial charge in [-0.2, -0.15) is 0 Å². The van der Waals surface area contributed by atoms with Gasteiger partial charge in [0.15, 0.2) is 0 Å². The van der Waals surface area contributed by atoms with Crippen molar-refractivity contribution in [2.45, 2.75) is 0 Å². The monoisotopic (exact) mass is 185 g/mol. The number of benzene rings is 2. The van der Waals surface area contributed by atoms with E-state index in [1.54, 1.807) is 7.11 Å². The molecule has 0 aliphatic heterocycles. The Hall–Kier alpha value is -1.83. The summed E-state index contributed by atoms with van der Waals surface area (Å²) < 4.78 is 5.15. The van der Waals surface area contributed by atoms with Gasteiger partial charge in [0.1, 0.15) is 5.75 Å². The summed E-state index contributed by atoms with van der Waals surface area (Å²) in [4.78, 5) is 0. The highest BCUT2D eigenvalue weighted by Gasteiger charge is 1.99. The van der Waals surface area contributed by atoms with Crippen molar-refractivity contribution in [3.63, 3.8) is 0 Å². The highest BCUT2D eigenvalue weighted by Crippen LogP contribution is 2.22. The Morgan fingerprint density at radius 3 is 2.79 bits per heavy atom. The highest BCUT2D eigenvalue weighted by atomic mass is 16.5. The minimum atomic E-state index is 0.826. The van der Waals surface area contributed by atoms with E-state index in [1.165, 1.54) is 6.21 Å². The fourth-order valence-corrected chi connectivity index (χ4v) is 1.53.